The number of benzene rings is 1. The van der Waals surface area contributed by atoms with E-state index in [2.05, 4.69) is 0 Å². The molecule has 3 nitrogen and oxygen atoms in total. The molecule has 1 amide bonds. The molecular formula is C14H10ClNO2. The van der Waals surface area contributed by atoms with Crippen molar-refractivity contribution in [3.63, 3.8) is 0 Å². The fraction of sp³-hybridized carbons (Fsp3) is 0.143. The van der Waals surface area contributed by atoms with E-state index in [1.807, 2.05) is 6.07 Å². The molecule has 0 aromatic heterocycles. The minimum absolute atomic E-state index is 0.0697. The lowest BCUT2D eigenvalue weighted by atomic mass is 9.78. The normalized spacial score (nSPS) is 19.8. The number of anilines is 1. The van der Waals surface area contributed by atoms with E-state index in [9.17, 15) is 9.59 Å². The molecule has 2 aliphatic rings. The molecule has 0 bridgehead atoms. The first kappa shape index (κ1) is 11.2. The van der Waals surface area contributed by atoms with Gasteiger partial charge in [0.2, 0.25) is 5.91 Å². The second kappa shape index (κ2) is 3.56. The van der Waals surface area contributed by atoms with Crippen LogP contribution in [-0.2, 0) is 15.0 Å². The highest BCUT2D eigenvalue weighted by molar-refractivity contribution is 6.31. The Balaban J connectivity index is 2.26. The number of carbonyl (C=O) groups is 2. The second-order valence-electron chi connectivity index (χ2n) is 4.46. The van der Waals surface area contributed by atoms with Gasteiger partial charge in [-0.1, -0.05) is 29.8 Å². The Morgan fingerprint density at radius 1 is 1.17 bits per heavy atom. The maximum absolute atomic E-state index is 12.4. The molecule has 3 rings (SSSR count). The summed E-state index contributed by atoms with van der Waals surface area (Å²) in [4.78, 5) is 25.2. The highest BCUT2D eigenvalue weighted by Crippen LogP contribution is 2.45. The van der Waals surface area contributed by atoms with Gasteiger partial charge in [-0.25, -0.2) is 0 Å². The third kappa shape index (κ3) is 1.31. The lowest BCUT2D eigenvalue weighted by molar-refractivity contribution is -0.120. The number of fused-ring (bicyclic) bond motifs is 2. The number of ketones is 1. The van der Waals surface area contributed by atoms with Crippen LogP contribution in [0.2, 0.25) is 5.02 Å². The van der Waals surface area contributed by atoms with Gasteiger partial charge >= 0.3 is 0 Å². The molecule has 1 aromatic rings. The summed E-state index contributed by atoms with van der Waals surface area (Å²) in [5.74, 6) is -0.168. The Hall–Kier alpha value is -1.87. The lowest BCUT2D eigenvalue weighted by Gasteiger charge is -2.22. The van der Waals surface area contributed by atoms with Gasteiger partial charge in [-0.15, -0.1) is 0 Å². The summed E-state index contributed by atoms with van der Waals surface area (Å²) in [5.41, 5.74) is 0.804. The third-order valence-corrected chi connectivity index (χ3v) is 3.68. The number of rotatable bonds is 0. The van der Waals surface area contributed by atoms with Gasteiger partial charge in [0, 0.05) is 17.8 Å². The Bertz CT molecular complexity index is 615. The number of halogens is 1. The maximum Gasteiger partial charge on any atom is 0.245 e. The van der Waals surface area contributed by atoms with Crippen LogP contribution in [0.15, 0.2) is 42.5 Å². The van der Waals surface area contributed by atoms with E-state index in [-0.39, 0.29) is 11.7 Å². The first-order valence-electron chi connectivity index (χ1n) is 5.55. The zero-order valence-electron chi connectivity index (χ0n) is 9.68. The molecule has 0 atom stereocenters. The van der Waals surface area contributed by atoms with Gasteiger partial charge in [-0.2, -0.15) is 0 Å². The van der Waals surface area contributed by atoms with Gasteiger partial charge in [-0.3, -0.25) is 9.59 Å². The summed E-state index contributed by atoms with van der Waals surface area (Å²) >= 11 is 5.96. The standard InChI is InChI=1S/C14H10ClNO2/c1-16-12-8-9(15)2-3-11(12)14(13(16)18)6-4-10(17)5-7-14/h2-8H,1H3. The van der Waals surface area contributed by atoms with Gasteiger partial charge in [0.05, 0.1) is 0 Å². The first-order chi connectivity index (χ1) is 8.54. The van der Waals surface area contributed by atoms with E-state index < -0.39 is 5.41 Å². The first-order valence-corrected chi connectivity index (χ1v) is 5.93. The summed E-state index contributed by atoms with van der Waals surface area (Å²) in [5, 5.41) is 0.588. The number of likely N-dealkylation sites (N-methyl/N-ethyl adjacent to an activating group) is 1. The van der Waals surface area contributed by atoms with Crippen LogP contribution in [0, 0.1) is 0 Å². The fourth-order valence-corrected chi connectivity index (χ4v) is 2.66. The van der Waals surface area contributed by atoms with Gasteiger partial charge in [0.1, 0.15) is 5.41 Å². The molecule has 0 fully saturated rings. The predicted octanol–water partition coefficient (Wildman–Crippen LogP) is 2.25. The van der Waals surface area contributed by atoms with Crippen LogP contribution in [-0.4, -0.2) is 18.7 Å². The molecule has 4 heteroatoms. The highest BCUT2D eigenvalue weighted by atomic mass is 35.5. The van der Waals surface area contributed by atoms with Crippen LogP contribution in [0.3, 0.4) is 0 Å². The monoisotopic (exact) mass is 259 g/mol. The zero-order valence-corrected chi connectivity index (χ0v) is 10.4. The maximum atomic E-state index is 12.4. The molecule has 90 valence electrons. The smallest absolute Gasteiger partial charge is 0.245 e. The number of carbonyl (C=O) groups excluding carboxylic acids is 2. The minimum Gasteiger partial charge on any atom is -0.314 e. The van der Waals surface area contributed by atoms with E-state index in [0.29, 0.717) is 5.02 Å². The van der Waals surface area contributed by atoms with Gasteiger partial charge in [-0.05, 0) is 29.8 Å². The van der Waals surface area contributed by atoms with E-state index in [0.717, 1.165) is 11.3 Å². The molecule has 0 N–H and O–H groups in total. The molecule has 1 aliphatic carbocycles. The highest BCUT2D eigenvalue weighted by Gasteiger charge is 2.47. The number of amides is 1. The number of nitrogens with zero attached hydrogens (tertiary/aromatic N) is 1. The van der Waals surface area contributed by atoms with Gasteiger partial charge in [0.25, 0.3) is 0 Å². The average molecular weight is 260 g/mol. The molecule has 0 saturated heterocycles. The quantitative estimate of drug-likeness (QED) is 0.717. The van der Waals surface area contributed by atoms with Crippen LogP contribution in [0.25, 0.3) is 0 Å². The van der Waals surface area contributed by atoms with Crippen LogP contribution < -0.4 is 4.90 Å². The van der Waals surface area contributed by atoms with Crippen molar-refractivity contribution in [2.75, 3.05) is 11.9 Å². The Morgan fingerprint density at radius 3 is 2.50 bits per heavy atom. The third-order valence-electron chi connectivity index (χ3n) is 3.45. The molecular weight excluding hydrogens is 250 g/mol. The molecule has 1 aliphatic heterocycles. The second-order valence-corrected chi connectivity index (χ2v) is 4.90. The number of allylic oxidation sites excluding steroid dienone is 2. The number of hydrogen-bond donors (Lipinski definition) is 0. The van der Waals surface area contributed by atoms with Crippen LogP contribution in [0.1, 0.15) is 5.56 Å². The summed E-state index contributed by atoms with van der Waals surface area (Å²) in [6.45, 7) is 0. The lowest BCUT2D eigenvalue weighted by Crippen LogP contribution is -2.36. The van der Waals surface area contributed by atoms with Gasteiger partial charge in [0.15, 0.2) is 5.78 Å². The van der Waals surface area contributed by atoms with Crippen molar-refractivity contribution in [1.29, 1.82) is 0 Å². The zero-order chi connectivity index (χ0) is 12.9. The minimum atomic E-state index is -0.845. The van der Waals surface area contributed by atoms with Crippen LogP contribution in [0.4, 0.5) is 5.69 Å². The van der Waals surface area contributed by atoms with E-state index in [4.69, 9.17) is 11.6 Å². The Morgan fingerprint density at radius 2 is 1.83 bits per heavy atom. The van der Waals surface area contributed by atoms with Crippen molar-refractivity contribution in [1.82, 2.24) is 0 Å². The van der Waals surface area contributed by atoms with Crippen LogP contribution >= 0.6 is 11.6 Å². The fourth-order valence-electron chi connectivity index (χ4n) is 2.49. The van der Waals surface area contributed by atoms with Gasteiger partial charge < -0.3 is 4.90 Å². The van der Waals surface area contributed by atoms with E-state index >= 15 is 0 Å². The van der Waals surface area contributed by atoms with Crippen LogP contribution in [0.5, 0.6) is 0 Å². The molecule has 0 unspecified atom stereocenters. The molecule has 18 heavy (non-hydrogen) atoms. The van der Waals surface area contributed by atoms with Crippen molar-refractivity contribution in [3.8, 4) is 0 Å². The largest absolute Gasteiger partial charge is 0.314 e. The van der Waals surface area contributed by atoms with Crippen molar-refractivity contribution in [2.45, 2.75) is 5.41 Å². The summed E-state index contributed by atoms with van der Waals surface area (Å²) in [6, 6.07) is 5.36. The molecule has 0 saturated carbocycles. The Kier molecular flexibility index (Phi) is 2.22. The predicted molar refractivity (Wildman–Crippen MR) is 69.8 cm³/mol. The molecule has 1 aromatic carbocycles. The molecule has 1 spiro atoms. The SMILES string of the molecule is CN1C(=O)C2(C=CC(=O)C=C2)c2ccc(Cl)cc21. The average Bonchev–Trinajstić information content (AvgIpc) is 2.56. The van der Waals surface area contributed by atoms with Crippen molar-refractivity contribution in [2.24, 2.45) is 0 Å². The molecule has 1 heterocycles. The topological polar surface area (TPSA) is 37.4 Å². The van der Waals surface area contributed by atoms with Crippen molar-refractivity contribution >= 4 is 29.0 Å². The molecule has 0 radical (unpaired) electrons. The summed E-state index contributed by atoms with van der Waals surface area (Å²) < 4.78 is 0. The summed E-state index contributed by atoms with van der Waals surface area (Å²) in [7, 11) is 1.71. The van der Waals surface area contributed by atoms with E-state index in [1.165, 1.54) is 12.2 Å². The van der Waals surface area contributed by atoms with E-state index in [1.54, 1.807) is 36.2 Å². The summed E-state index contributed by atoms with van der Waals surface area (Å²) in [6.07, 6.45) is 6.20. The number of hydrogen-bond acceptors (Lipinski definition) is 2. The van der Waals surface area contributed by atoms with Crippen molar-refractivity contribution in [3.05, 3.63) is 53.1 Å². The van der Waals surface area contributed by atoms with Crippen molar-refractivity contribution < 1.29 is 9.59 Å². The Labute approximate surface area is 109 Å².